The molecule has 122 valence electrons. The summed E-state index contributed by atoms with van der Waals surface area (Å²) in [6.45, 7) is 4.14. The van der Waals surface area contributed by atoms with Gasteiger partial charge in [0.05, 0.1) is 17.0 Å². The number of amides is 1. The molecule has 1 aromatic carbocycles. The van der Waals surface area contributed by atoms with Crippen molar-refractivity contribution < 1.29 is 13.2 Å². The average molecular weight is 325 g/mol. The van der Waals surface area contributed by atoms with E-state index in [2.05, 4.69) is 5.32 Å². The SMILES string of the molecule is CCCC(C)(N)C(=O)Nc1cccc(N2CCCS2(=O)=O)c1. The Labute approximate surface area is 131 Å². The molecule has 1 atom stereocenters. The molecule has 2 rings (SSSR count). The van der Waals surface area contributed by atoms with Crippen molar-refractivity contribution in [3.05, 3.63) is 24.3 Å². The quantitative estimate of drug-likeness (QED) is 0.861. The first-order chi connectivity index (χ1) is 10.3. The number of nitrogens with zero attached hydrogens (tertiary/aromatic N) is 1. The van der Waals surface area contributed by atoms with E-state index in [1.54, 1.807) is 31.2 Å². The summed E-state index contributed by atoms with van der Waals surface area (Å²) in [5.41, 5.74) is 6.19. The topological polar surface area (TPSA) is 92.5 Å². The fraction of sp³-hybridized carbons (Fsp3) is 0.533. The van der Waals surface area contributed by atoms with E-state index in [1.165, 1.54) is 4.31 Å². The summed E-state index contributed by atoms with van der Waals surface area (Å²) in [6.07, 6.45) is 2.02. The molecule has 1 aliphatic heterocycles. The Kier molecular flexibility index (Phi) is 4.77. The van der Waals surface area contributed by atoms with Crippen molar-refractivity contribution in [2.24, 2.45) is 5.73 Å². The summed E-state index contributed by atoms with van der Waals surface area (Å²) < 4.78 is 25.3. The number of hydrogen-bond donors (Lipinski definition) is 2. The Balaban J connectivity index is 2.18. The van der Waals surface area contributed by atoms with E-state index in [0.29, 0.717) is 30.8 Å². The van der Waals surface area contributed by atoms with Gasteiger partial charge in [-0.2, -0.15) is 0 Å². The van der Waals surface area contributed by atoms with Gasteiger partial charge in [0, 0.05) is 12.2 Å². The minimum absolute atomic E-state index is 0.168. The summed E-state index contributed by atoms with van der Waals surface area (Å²) in [7, 11) is -3.23. The molecular weight excluding hydrogens is 302 g/mol. The van der Waals surface area contributed by atoms with Crippen LogP contribution in [0.5, 0.6) is 0 Å². The predicted octanol–water partition coefficient (Wildman–Crippen LogP) is 1.68. The van der Waals surface area contributed by atoms with Crippen LogP contribution in [0, 0.1) is 0 Å². The van der Waals surface area contributed by atoms with Crippen LogP contribution < -0.4 is 15.4 Å². The molecule has 0 spiro atoms. The van der Waals surface area contributed by atoms with Crippen LogP contribution in [-0.4, -0.2) is 32.2 Å². The van der Waals surface area contributed by atoms with Gasteiger partial charge in [-0.05, 0) is 38.0 Å². The average Bonchev–Trinajstić information content (AvgIpc) is 2.78. The molecule has 0 radical (unpaired) electrons. The molecule has 1 aliphatic rings. The minimum atomic E-state index is -3.23. The van der Waals surface area contributed by atoms with Crippen LogP contribution in [0.25, 0.3) is 0 Å². The van der Waals surface area contributed by atoms with Crippen molar-refractivity contribution in [2.75, 3.05) is 21.9 Å². The van der Waals surface area contributed by atoms with Crippen LogP contribution in [-0.2, 0) is 14.8 Å². The molecule has 7 heteroatoms. The molecule has 1 saturated heterocycles. The molecule has 0 saturated carbocycles. The maximum absolute atomic E-state index is 12.2. The Bertz CT molecular complexity index is 656. The summed E-state index contributed by atoms with van der Waals surface area (Å²) >= 11 is 0. The van der Waals surface area contributed by atoms with Gasteiger partial charge in [-0.25, -0.2) is 8.42 Å². The summed E-state index contributed by atoms with van der Waals surface area (Å²) in [5, 5.41) is 2.77. The normalized spacial score (nSPS) is 19.7. The van der Waals surface area contributed by atoms with E-state index in [0.717, 1.165) is 6.42 Å². The third-order valence-corrected chi connectivity index (χ3v) is 5.65. The molecule has 3 N–H and O–H groups in total. The van der Waals surface area contributed by atoms with Gasteiger partial charge in [-0.3, -0.25) is 9.10 Å². The largest absolute Gasteiger partial charge is 0.324 e. The van der Waals surface area contributed by atoms with Crippen LogP contribution in [0.15, 0.2) is 24.3 Å². The van der Waals surface area contributed by atoms with Gasteiger partial charge >= 0.3 is 0 Å². The third-order valence-electron chi connectivity index (χ3n) is 3.78. The van der Waals surface area contributed by atoms with E-state index < -0.39 is 15.6 Å². The second kappa shape index (κ2) is 6.26. The minimum Gasteiger partial charge on any atom is -0.324 e. The van der Waals surface area contributed by atoms with E-state index >= 15 is 0 Å². The van der Waals surface area contributed by atoms with Gasteiger partial charge in [0.1, 0.15) is 0 Å². The first-order valence-electron chi connectivity index (χ1n) is 7.47. The summed E-state index contributed by atoms with van der Waals surface area (Å²) in [4.78, 5) is 12.2. The summed E-state index contributed by atoms with van der Waals surface area (Å²) in [6, 6.07) is 6.85. The highest BCUT2D eigenvalue weighted by Gasteiger charge is 2.29. The monoisotopic (exact) mass is 325 g/mol. The van der Waals surface area contributed by atoms with Crippen LogP contribution in [0.1, 0.15) is 33.1 Å². The Morgan fingerprint density at radius 2 is 2.18 bits per heavy atom. The lowest BCUT2D eigenvalue weighted by molar-refractivity contribution is -0.120. The highest BCUT2D eigenvalue weighted by Crippen LogP contribution is 2.26. The Morgan fingerprint density at radius 3 is 2.77 bits per heavy atom. The molecule has 0 aromatic heterocycles. The molecule has 1 amide bonds. The van der Waals surface area contributed by atoms with Gasteiger partial charge < -0.3 is 11.1 Å². The molecule has 0 aliphatic carbocycles. The molecule has 1 heterocycles. The third kappa shape index (κ3) is 3.59. The molecular formula is C15H23N3O3S. The Morgan fingerprint density at radius 1 is 1.45 bits per heavy atom. The van der Waals surface area contributed by atoms with Gasteiger partial charge in [-0.15, -0.1) is 0 Å². The van der Waals surface area contributed by atoms with E-state index in [9.17, 15) is 13.2 Å². The number of benzene rings is 1. The number of hydrogen-bond acceptors (Lipinski definition) is 4. The van der Waals surface area contributed by atoms with Gasteiger partial charge in [0.25, 0.3) is 0 Å². The second-order valence-electron chi connectivity index (χ2n) is 5.91. The highest BCUT2D eigenvalue weighted by atomic mass is 32.2. The Hall–Kier alpha value is -1.60. The zero-order chi connectivity index (χ0) is 16.4. The van der Waals surface area contributed by atoms with Gasteiger partial charge in [0.15, 0.2) is 0 Å². The van der Waals surface area contributed by atoms with E-state index in [-0.39, 0.29) is 11.7 Å². The van der Waals surface area contributed by atoms with Crippen LogP contribution in [0.2, 0.25) is 0 Å². The molecule has 6 nitrogen and oxygen atoms in total. The lowest BCUT2D eigenvalue weighted by atomic mass is 9.96. The lowest BCUT2D eigenvalue weighted by Crippen LogP contribution is -2.48. The first-order valence-corrected chi connectivity index (χ1v) is 9.08. The van der Waals surface area contributed by atoms with Crippen molar-refractivity contribution in [1.29, 1.82) is 0 Å². The lowest BCUT2D eigenvalue weighted by Gasteiger charge is -2.23. The zero-order valence-corrected chi connectivity index (χ0v) is 13.8. The predicted molar refractivity (Wildman–Crippen MR) is 88.3 cm³/mol. The maximum Gasteiger partial charge on any atom is 0.244 e. The maximum atomic E-state index is 12.2. The number of nitrogens with one attached hydrogen (secondary N) is 1. The van der Waals surface area contributed by atoms with E-state index in [1.807, 2.05) is 6.92 Å². The second-order valence-corrected chi connectivity index (χ2v) is 7.93. The highest BCUT2D eigenvalue weighted by molar-refractivity contribution is 7.93. The molecule has 22 heavy (non-hydrogen) atoms. The van der Waals surface area contributed by atoms with E-state index in [4.69, 9.17) is 5.73 Å². The van der Waals surface area contributed by atoms with Crippen molar-refractivity contribution >= 4 is 27.3 Å². The van der Waals surface area contributed by atoms with Gasteiger partial charge in [0.2, 0.25) is 15.9 Å². The summed E-state index contributed by atoms with van der Waals surface area (Å²) in [5.74, 6) is -0.100. The van der Waals surface area contributed by atoms with Crippen LogP contribution in [0.3, 0.4) is 0 Å². The number of carbonyl (C=O) groups excluding carboxylic acids is 1. The molecule has 1 aromatic rings. The van der Waals surface area contributed by atoms with Crippen LogP contribution >= 0.6 is 0 Å². The van der Waals surface area contributed by atoms with Crippen LogP contribution in [0.4, 0.5) is 11.4 Å². The number of anilines is 2. The van der Waals surface area contributed by atoms with Crippen molar-refractivity contribution in [3.63, 3.8) is 0 Å². The molecule has 1 fully saturated rings. The van der Waals surface area contributed by atoms with Crippen molar-refractivity contribution in [3.8, 4) is 0 Å². The number of sulfonamides is 1. The number of rotatable bonds is 5. The molecule has 0 bridgehead atoms. The fourth-order valence-electron chi connectivity index (χ4n) is 2.58. The number of nitrogens with two attached hydrogens (primary N) is 1. The smallest absolute Gasteiger partial charge is 0.244 e. The van der Waals surface area contributed by atoms with Gasteiger partial charge in [-0.1, -0.05) is 19.4 Å². The zero-order valence-electron chi connectivity index (χ0n) is 13.0. The molecule has 1 unspecified atom stereocenters. The standard InChI is InChI=1S/C15H23N3O3S/c1-3-8-15(2,16)14(19)17-12-6-4-7-13(11-12)18-9-5-10-22(18,20)21/h4,6-7,11H,3,5,8-10,16H2,1-2H3,(H,17,19). The fourth-order valence-corrected chi connectivity index (χ4v) is 4.13. The van der Waals surface area contributed by atoms with Crippen molar-refractivity contribution in [1.82, 2.24) is 0 Å². The number of carbonyl (C=O) groups is 1. The first kappa shape index (κ1) is 16.8. The van der Waals surface area contributed by atoms with Crippen molar-refractivity contribution in [2.45, 2.75) is 38.6 Å².